The molecule has 72 heavy (non-hydrogen) atoms. The molecular weight excluding hydrogens is 962 g/mol. The number of carbonyl (C=O) groups is 2. The standard InChI is InChI=1S/C55H55Cl2N5O10/c1-34-40(30-71-50-20-48(69-29-38-17-43(59-5)27-61-25-38)39(18-46(50)56)14-15-54(3,32-63)52(65)67-6)10-8-12-44(34)45-13-9-11-41(35(45)2)31-72-51-21-49(70-28-37-16-36(22-58)23-60-24-37)42(19-47(51)57)26-62-55(4,33-64)53(66)68-7/h8-13,16-21,23-25,27,62-64H,14-15,26,28-33H2,1-4,6-7H3/t54-,55-/m0/s1. The maximum Gasteiger partial charge on any atom is 0.328 e. The van der Waals surface area contributed by atoms with Crippen molar-refractivity contribution in [3.8, 4) is 40.2 Å². The van der Waals surface area contributed by atoms with E-state index in [-0.39, 0.29) is 44.4 Å². The third-order valence-electron chi connectivity index (χ3n) is 12.4. The molecule has 374 valence electrons. The molecular formula is C55H55Cl2N5O10. The Morgan fingerprint density at radius 2 is 1.22 bits per heavy atom. The van der Waals surface area contributed by atoms with Crippen LogP contribution in [0.15, 0.2) is 97.6 Å². The van der Waals surface area contributed by atoms with Gasteiger partial charge in [0.15, 0.2) is 0 Å². The molecule has 4 aromatic carbocycles. The fraction of sp³-hybridized carbons (Fsp3) is 0.309. The second-order valence-electron chi connectivity index (χ2n) is 17.5. The summed E-state index contributed by atoms with van der Waals surface area (Å²) in [6.45, 7) is 14.2. The summed E-state index contributed by atoms with van der Waals surface area (Å²) >= 11 is 13.7. The maximum atomic E-state index is 12.6. The number of hydrogen-bond acceptors (Lipinski definition) is 14. The number of methoxy groups -OCH3 is 2. The lowest BCUT2D eigenvalue weighted by Gasteiger charge is -2.26. The van der Waals surface area contributed by atoms with Gasteiger partial charge in [-0.15, -0.1) is 0 Å². The number of nitriles is 1. The number of rotatable bonds is 23. The second-order valence-corrected chi connectivity index (χ2v) is 18.3. The molecule has 17 heteroatoms. The molecule has 0 fully saturated rings. The molecule has 0 radical (unpaired) electrons. The minimum absolute atomic E-state index is 0.0644. The Hall–Kier alpha value is -7.24. The van der Waals surface area contributed by atoms with Crippen molar-refractivity contribution >= 4 is 40.8 Å². The van der Waals surface area contributed by atoms with E-state index in [2.05, 4.69) is 26.2 Å². The third kappa shape index (κ3) is 13.2. The Kier molecular flexibility index (Phi) is 18.6. The number of nitrogens with zero attached hydrogens (tertiary/aromatic N) is 4. The summed E-state index contributed by atoms with van der Waals surface area (Å²) in [4.78, 5) is 36.8. The van der Waals surface area contributed by atoms with Gasteiger partial charge in [-0.05, 0) is 109 Å². The molecule has 6 aromatic rings. The van der Waals surface area contributed by atoms with Crippen molar-refractivity contribution < 1.29 is 48.2 Å². The average molecular weight is 1020 g/mol. The molecule has 0 aliphatic rings. The molecule has 0 saturated carbocycles. The SMILES string of the molecule is [C-]#[N+]c1cncc(COc2cc(OCc3cccc(-c4cccc(COc5cc(OCc6cncc(C#N)c6)c(CN[C@@](C)(CO)C(=O)OC)cc5Cl)c4C)c3C)c(Cl)cc2CC[C@@](C)(CO)C(=O)OC)c1. The number of aliphatic hydroxyl groups is 2. The highest BCUT2D eigenvalue weighted by molar-refractivity contribution is 6.32. The van der Waals surface area contributed by atoms with Crippen LogP contribution in [-0.2, 0) is 58.5 Å². The number of esters is 2. The van der Waals surface area contributed by atoms with Crippen LogP contribution >= 0.6 is 23.2 Å². The van der Waals surface area contributed by atoms with Crippen molar-refractivity contribution in [2.24, 2.45) is 5.41 Å². The number of benzene rings is 4. The number of carbonyl (C=O) groups excluding carboxylic acids is 2. The highest BCUT2D eigenvalue weighted by Gasteiger charge is 2.35. The summed E-state index contributed by atoms with van der Waals surface area (Å²) in [7, 11) is 2.53. The fourth-order valence-corrected chi connectivity index (χ4v) is 8.21. The molecule has 6 rings (SSSR count). The highest BCUT2D eigenvalue weighted by atomic mass is 35.5. The van der Waals surface area contributed by atoms with Crippen molar-refractivity contribution in [2.75, 3.05) is 27.4 Å². The van der Waals surface area contributed by atoms with Crippen molar-refractivity contribution in [1.29, 1.82) is 5.26 Å². The monoisotopic (exact) mass is 1020 g/mol. The molecule has 15 nitrogen and oxygen atoms in total. The van der Waals surface area contributed by atoms with Crippen LogP contribution < -0.4 is 24.3 Å². The molecule has 2 aromatic heterocycles. The number of aliphatic hydroxyl groups excluding tert-OH is 2. The Bertz CT molecular complexity index is 2810. The number of halogens is 2. The first-order valence-electron chi connectivity index (χ1n) is 22.7. The van der Waals surface area contributed by atoms with Crippen molar-refractivity contribution in [3.05, 3.63) is 169 Å². The van der Waals surface area contributed by atoms with Crippen LogP contribution in [0.4, 0.5) is 5.69 Å². The quantitative estimate of drug-likeness (QED) is 0.0405. The number of aryl methyl sites for hydroxylation is 1. The summed E-state index contributed by atoms with van der Waals surface area (Å²) < 4.78 is 35.2. The number of aromatic nitrogens is 2. The van der Waals surface area contributed by atoms with Gasteiger partial charge in [0.2, 0.25) is 5.69 Å². The van der Waals surface area contributed by atoms with Gasteiger partial charge in [0.05, 0.1) is 55.0 Å². The smallest absolute Gasteiger partial charge is 0.328 e. The molecule has 0 amide bonds. The largest absolute Gasteiger partial charge is 0.488 e. The minimum Gasteiger partial charge on any atom is -0.488 e. The van der Waals surface area contributed by atoms with Crippen LogP contribution in [0.5, 0.6) is 23.0 Å². The van der Waals surface area contributed by atoms with Gasteiger partial charge in [-0.2, -0.15) is 5.26 Å². The minimum atomic E-state index is -1.40. The predicted octanol–water partition coefficient (Wildman–Crippen LogP) is 9.92. The lowest BCUT2D eigenvalue weighted by molar-refractivity contribution is -0.154. The van der Waals surface area contributed by atoms with Crippen molar-refractivity contribution in [3.63, 3.8) is 0 Å². The van der Waals surface area contributed by atoms with Gasteiger partial charge in [-0.3, -0.25) is 20.1 Å². The molecule has 0 saturated heterocycles. The van der Waals surface area contributed by atoms with Crippen molar-refractivity contribution in [2.45, 2.75) is 79.0 Å². The van der Waals surface area contributed by atoms with Gasteiger partial charge in [-0.1, -0.05) is 59.6 Å². The van der Waals surface area contributed by atoms with E-state index in [4.69, 9.17) is 58.2 Å². The van der Waals surface area contributed by atoms with Gasteiger partial charge in [0.25, 0.3) is 0 Å². The molecule has 0 aliphatic heterocycles. The zero-order chi connectivity index (χ0) is 52.0. The number of hydrogen-bond donors (Lipinski definition) is 3. The molecule has 3 N–H and O–H groups in total. The zero-order valence-electron chi connectivity index (χ0n) is 40.8. The van der Waals surface area contributed by atoms with Gasteiger partial charge >= 0.3 is 11.9 Å². The van der Waals surface area contributed by atoms with Crippen LogP contribution in [0.1, 0.15) is 70.3 Å². The first-order valence-corrected chi connectivity index (χ1v) is 23.5. The van der Waals surface area contributed by atoms with Crippen molar-refractivity contribution in [1.82, 2.24) is 15.3 Å². The molecule has 0 unspecified atom stereocenters. The Labute approximate surface area is 429 Å². The summed E-state index contributed by atoms with van der Waals surface area (Å²) in [6, 6.07) is 24.2. The van der Waals surface area contributed by atoms with E-state index in [0.29, 0.717) is 67.9 Å². The van der Waals surface area contributed by atoms with Gasteiger partial charge in [-0.25, -0.2) is 9.64 Å². The number of ether oxygens (including phenoxy) is 6. The predicted molar refractivity (Wildman–Crippen MR) is 271 cm³/mol. The van der Waals surface area contributed by atoms with E-state index >= 15 is 0 Å². The zero-order valence-corrected chi connectivity index (χ0v) is 42.3. The van der Waals surface area contributed by atoms with Crippen LogP contribution in [0.2, 0.25) is 10.0 Å². The second kappa shape index (κ2) is 24.7. The van der Waals surface area contributed by atoms with E-state index in [1.165, 1.54) is 33.5 Å². The summed E-state index contributed by atoms with van der Waals surface area (Å²) in [5.74, 6) is 0.370. The number of nitrogens with one attached hydrogen (secondary N) is 1. The fourth-order valence-electron chi connectivity index (χ4n) is 7.72. The Morgan fingerprint density at radius 3 is 1.75 bits per heavy atom. The molecule has 2 atom stereocenters. The van der Waals surface area contributed by atoms with E-state index < -0.39 is 36.1 Å². The van der Waals surface area contributed by atoms with Crippen LogP contribution in [0.25, 0.3) is 16.0 Å². The number of pyridine rings is 2. The molecule has 0 aliphatic carbocycles. The first kappa shape index (κ1) is 54.1. The summed E-state index contributed by atoms with van der Waals surface area (Å²) in [6.07, 6.45) is 6.72. The topological polar surface area (TPSA) is 196 Å². The maximum absolute atomic E-state index is 12.6. The average Bonchev–Trinajstić information content (AvgIpc) is 3.40. The molecule has 2 heterocycles. The van der Waals surface area contributed by atoms with Crippen LogP contribution in [0.3, 0.4) is 0 Å². The Balaban J connectivity index is 1.22. The van der Waals surface area contributed by atoms with E-state index in [1.807, 2.05) is 50.2 Å². The Morgan fingerprint density at radius 1 is 0.694 bits per heavy atom. The first-order chi connectivity index (χ1) is 34.6. The van der Waals surface area contributed by atoms with E-state index in [0.717, 1.165) is 33.4 Å². The van der Waals surface area contributed by atoms with E-state index in [9.17, 15) is 25.1 Å². The van der Waals surface area contributed by atoms with Gasteiger partial charge in [0, 0.05) is 54.6 Å². The lowest BCUT2D eigenvalue weighted by Crippen LogP contribution is -2.52. The molecule has 0 bridgehead atoms. The van der Waals surface area contributed by atoms with Crippen LogP contribution in [0, 0.1) is 37.2 Å². The van der Waals surface area contributed by atoms with Crippen LogP contribution in [-0.4, -0.2) is 65.1 Å². The summed E-state index contributed by atoms with van der Waals surface area (Å²) in [5, 5.41) is 33.2. The lowest BCUT2D eigenvalue weighted by atomic mass is 9.85. The van der Waals surface area contributed by atoms with Gasteiger partial charge in [0.1, 0.15) is 61.0 Å². The van der Waals surface area contributed by atoms with Gasteiger partial charge < -0.3 is 38.6 Å². The molecule has 0 spiro atoms. The summed E-state index contributed by atoms with van der Waals surface area (Å²) in [5.41, 5.74) is 6.53. The van der Waals surface area contributed by atoms with E-state index in [1.54, 1.807) is 55.7 Å². The normalized spacial score (nSPS) is 12.6. The highest BCUT2D eigenvalue weighted by Crippen LogP contribution is 2.39. The third-order valence-corrected chi connectivity index (χ3v) is 13.0.